The summed E-state index contributed by atoms with van der Waals surface area (Å²) in [5.41, 5.74) is 6.27. The zero-order valence-electron chi connectivity index (χ0n) is 11.7. The van der Waals surface area contributed by atoms with E-state index in [4.69, 9.17) is 5.73 Å². The smallest absolute Gasteiger partial charge is 0.251 e. The lowest BCUT2D eigenvalue weighted by atomic mass is 10.0. The molecule has 0 bridgehead atoms. The number of likely N-dealkylation sites (tertiary alicyclic amines) is 1. The second-order valence-electron chi connectivity index (χ2n) is 5.23. The molecule has 1 aliphatic heterocycles. The monoisotopic (exact) mass is 275 g/mol. The van der Waals surface area contributed by atoms with Crippen LogP contribution in [0.3, 0.4) is 0 Å². The van der Waals surface area contributed by atoms with Crippen LogP contribution >= 0.6 is 0 Å². The van der Waals surface area contributed by atoms with E-state index in [9.17, 15) is 9.59 Å². The average molecular weight is 275 g/mol. The van der Waals surface area contributed by atoms with Crippen LogP contribution in [0.2, 0.25) is 0 Å². The molecule has 1 saturated heterocycles. The number of benzene rings is 1. The highest BCUT2D eigenvalue weighted by Crippen LogP contribution is 2.12. The zero-order valence-corrected chi connectivity index (χ0v) is 11.7. The van der Waals surface area contributed by atoms with Crippen molar-refractivity contribution in [2.45, 2.75) is 31.8 Å². The summed E-state index contributed by atoms with van der Waals surface area (Å²) in [7, 11) is 0. The summed E-state index contributed by atoms with van der Waals surface area (Å²) in [6.07, 6.45) is 1.55. The summed E-state index contributed by atoms with van der Waals surface area (Å²) >= 11 is 0. The Balaban J connectivity index is 1.83. The minimum atomic E-state index is -0.453. The number of rotatable bonds is 3. The van der Waals surface area contributed by atoms with Crippen LogP contribution in [0, 0.1) is 0 Å². The van der Waals surface area contributed by atoms with Gasteiger partial charge in [-0.15, -0.1) is 0 Å². The predicted octanol–water partition coefficient (Wildman–Crippen LogP) is 0.755. The van der Waals surface area contributed by atoms with Crippen molar-refractivity contribution < 1.29 is 9.59 Å². The Morgan fingerprint density at radius 3 is 2.40 bits per heavy atom. The van der Waals surface area contributed by atoms with Crippen LogP contribution in [0.5, 0.6) is 0 Å². The normalized spacial score (nSPS) is 17.6. The van der Waals surface area contributed by atoms with Gasteiger partial charge in [-0.05, 0) is 31.9 Å². The van der Waals surface area contributed by atoms with E-state index >= 15 is 0 Å². The fourth-order valence-electron chi connectivity index (χ4n) is 2.39. The van der Waals surface area contributed by atoms with Crippen LogP contribution in [0.25, 0.3) is 0 Å². The van der Waals surface area contributed by atoms with Crippen LogP contribution in [-0.4, -0.2) is 41.9 Å². The average Bonchev–Trinajstić information content (AvgIpc) is 2.48. The van der Waals surface area contributed by atoms with Crippen molar-refractivity contribution in [1.29, 1.82) is 0 Å². The molecule has 1 heterocycles. The van der Waals surface area contributed by atoms with Gasteiger partial charge >= 0.3 is 0 Å². The Morgan fingerprint density at radius 2 is 1.85 bits per heavy atom. The van der Waals surface area contributed by atoms with E-state index in [1.54, 1.807) is 24.0 Å². The quantitative estimate of drug-likeness (QED) is 0.855. The summed E-state index contributed by atoms with van der Waals surface area (Å²) in [5, 5.41) is 3.02. The largest absolute Gasteiger partial charge is 0.349 e. The lowest BCUT2D eigenvalue weighted by Gasteiger charge is -2.33. The van der Waals surface area contributed by atoms with Crippen LogP contribution in [0.15, 0.2) is 30.3 Å². The first-order valence-corrected chi connectivity index (χ1v) is 6.98. The van der Waals surface area contributed by atoms with Crippen LogP contribution in [0.1, 0.15) is 30.1 Å². The molecule has 5 nitrogen and oxygen atoms in total. The molecule has 3 N–H and O–H groups in total. The van der Waals surface area contributed by atoms with Crippen molar-refractivity contribution in [3.8, 4) is 0 Å². The third kappa shape index (κ3) is 3.57. The Hall–Kier alpha value is -1.88. The molecule has 0 spiro atoms. The SMILES string of the molecule is CC(N)C(=O)N1CCC(NC(=O)c2ccccc2)CC1. The van der Waals surface area contributed by atoms with Gasteiger partial charge in [-0.3, -0.25) is 9.59 Å². The standard InChI is InChI=1S/C15H21N3O2/c1-11(16)15(20)18-9-7-13(8-10-18)17-14(19)12-5-3-2-4-6-12/h2-6,11,13H,7-10,16H2,1H3,(H,17,19). The lowest BCUT2D eigenvalue weighted by Crippen LogP contribution is -2.50. The molecule has 0 radical (unpaired) electrons. The van der Waals surface area contributed by atoms with E-state index < -0.39 is 6.04 Å². The molecule has 1 fully saturated rings. The Morgan fingerprint density at radius 1 is 1.25 bits per heavy atom. The number of hydrogen-bond donors (Lipinski definition) is 2. The van der Waals surface area contributed by atoms with Gasteiger partial charge in [0.25, 0.3) is 5.91 Å². The summed E-state index contributed by atoms with van der Waals surface area (Å²) in [5.74, 6) is -0.0691. The predicted molar refractivity (Wildman–Crippen MR) is 77.2 cm³/mol. The topological polar surface area (TPSA) is 75.4 Å². The van der Waals surface area contributed by atoms with E-state index in [-0.39, 0.29) is 17.9 Å². The number of nitrogens with two attached hydrogens (primary N) is 1. The highest BCUT2D eigenvalue weighted by molar-refractivity contribution is 5.94. The maximum atomic E-state index is 12.0. The zero-order chi connectivity index (χ0) is 14.5. The maximum absolute atomic E-state index is 12.0. The number of hydrogen-bond acceptors (Lipinski definition) is 3. The molecular formula is C15H21N3O2. The molecule has 5 heteroatoms. The molecule has 0 saturated carbocycles. The van der Waals surface area contributed by atoms with Gasteiger partial charge in [-0.2, -0.15) is 0 Å². The third-order valence-electron chi connectivity index (χ3n) is 3.57. The van der Waals surface area contributed by atoms with Gasteiger partial charge in [0.15, 0.2) is 0 Å². The molecule has 1 aromatic rings. The summed E-state index contributed by atoms with van der Waals surface area (Å²) in [4.78, 5) is 25.6. The first kappa shape index (κ1) is 14.5. The summed E-state index contributed by atoms with van der Waals surface area (Å²) in [6, 6.07) is 8.84. The highest BCUT2D eigenvalue weighted by atomic mass is 16.2. The second kappa shape index (κ2) is 6.52. The van der Waals surface area contributed by atoms with Crippen molar-refractivity contribution >= 4 is 11.8 Å². The minimum Gasteiger partial charge on any atom is -0.349 e. The molecule has 1 atom stereocenters. The van der Waals surface area contributed by atoms with Gasteiger partial charge in [0.05, 0.1) is 6.04 Å². The molecule has 2 rings (SSSR count). The van der Waals surface area contributed by atoms with E-state index in [1.165, 1.54) is 0 Å². The Kier molecular flexibility index (Phi) is 4.74. The maximum Gasteiger partial charge on any atom is 0.251 e. The number of carbonyl (C=O) groups excluding carboxylic acids is 2. The molecule has 0 aromatic heterocycles. The molecule has 0 aliphatic carbocycles. The molecule has 20 heavy (non-hydrogen) atoms. The Labute approximate surface area is 119 Å². The van der Waals surface area contributed by atoms with Crippen LogP contribution in [0.4, 0.5) is 0 Å². The number of piperidine rings is 1. The minimum absolute atomic E-state index is 0.0159. The fourth-order valence-corrected chi connectivity index (χ4v) is 2.39. The van der Waals surface area contributed by atoms with E-state index in [2.05, 4.69) is 5.32 Å². The number of carbonyl (C=O) groups is 2. The van der Waals surface area contributed by atoms with Crippen molar-refractivity contribution in [2.24, 2.45) is 5.73 Å². The molecular weight excluding hydrogens is 254 g/mol. The van der Waals surface area contributed by atoms with Crippen LogP contribution < -0.4 is 11.1 Å². The van der Waals surface area contributed by atoms with Gasteiger partial charge in [0.2, 0.25) is 5.91 Å². The lowest BCUT2D eigenvalue weighted by molar-refractivity contribution is -0.133. The van der Waals surface area contributed by atoms with Gasteiger partial charge in [0, 0.05) is 24.7 Å². The summed E-state index contributed by atoms with van der Waals surface area (Å²) in [6.45, 7) is 3.01. The van der Waals surface area contributed by atoms with E-state index in [1.807, 2.05) is 18.2 Å². The van der Waals surface area contributed by atoms with Crippen molar-refractivity contribution in [3.63, 3.8) is 0 Å². The van der Waals surface area contributed by atoms with Crippen molar-refractivity contribution in [3.05, 3.63) is 35.9 Å². The second-order valence-corrected chi connectivity index (χ2v) is 5.23. The number of nitrogens with zero attached hydrogens (tertiary/aromatic N) is 1. The van der Waals surface area contributed by atoms with Gasteiger partial charge in [-0.25, -0.2) is 0 Å². The summed E-state index contributed by atoms with van der Waals surface area (Å²) < 4.78 is 0. The van der Waals surface area contributed by atoms with E-state index in [0.29, 0.717) is 18.7 Å². The highest BCUT2D eigenvalue weighted by Gasteiger charge is 2.25. The molecule has 1 aliphatic rings. The number of nitrogens with one attached hydrogen (secondary N) is 1. The molecule has 1 unspecified atom stereocenters. The van der Waals surface area contributed by atoms with Crippen LogP contribution in [-0.2, 0) is 4.79 Å². The van der Waals surface area contributed by atoms with Crippen molar-refractivity contribution in [2.75, 3.05) is 13.1 Å². The molecule has 108 valence electrons. The molecule has 2 amide bonds. The fraction of sp³-hybridized carbons (Fsp3) is 0.467. The molecule has 1 aromatic carbocycles. The van der Waals surface area contributed by atoms with Gasteiger partial charge in [0.1, 0.15) is 0 Å². The van der Waals surface area contributed by atoms with Gasteiger partial charge in [-0.1, -0.05) is 18.2 Å². The number of amides is 2. The third-order valence-corrected chi connectivity index (χ3v) is 3.57. The van der Waals surface area contributed by atoms with E-state index in [0.717, 1.165) is 12.8 Å². The van der Waals surface area contributed by atoms with Gasteiger partial charge < -0.3 is 16.0 Å². The first-order chi connectivity index (χ1) is 9.58. The van der Waals surface area contributed by atoms with Crippen molar-refractivity contribution in [1.82, 2.24) is 10.2 Å². The first-order valence-electron chi connectivity index (χ1n) is 6.98. The Bertz CT molecular complexity index is 465.